The van der Waals surface area contributed by atoms with Crippen LogP contribution in [0.1, 0.15) is 10.6 Å². The lowest BCUT2D eigenvalue weighted by atomic mass is 10.3. The van der Waals surface area contributed by atoms with Gasteiger partial charge in [0.15, 0.2) is 5.13 Å². The lowest BCUT2D eigenvalue weighted by molar-refractivity contribution is -0.304. The van der Waals surface area contributed by atoms with Gasteiger partial charge < -0.3 is 15.6 Å². The molecule has 0 saturated heterocycles. The van der Waals surface area contributed by atoms with Crippen molar-refractivity contribution in [2.24, 2.45) is 0 Å². The smallest absolute Gasteiger partial charge is 0.180 e. The van der Waals surface area contributed by atoms with Crippen molar-refractivity contribution in [3.63, 3.8) is 0 Å². The topological polar surface area (TPSA) is 79.0 Å². The van der Waals surface area contributed by atoms with E-state index < -0.39 is 5.97 Å². The predicted molar refractivity (Wildman–Crippen MR) is 40.0 cm³/mol. The van der Waals surface area contributed by atoms with Crippen LogP contribution in [0.4, 0.5) is 5.13 Å². The summed E-state index contributed by atoms with van der Waals surface area (Å²) in [6.45, 7) is 1.73. The first-order valence-electron chi connectivity index (χ1n) is 3.01. The highest BCUT2D eigenvalue weighted by molar-refractivity contribution is 7.15. The van der Waals surface area contributed by atoms with E-state index in [0.29, 0.717) is 15.7 Å². The van der Waals surface area contributed by atoms with Crippen LogP contribution >= 0.6 is 11.3 Å². The molecule has 0 atom stereocenters. The van der Waals surface area contributed by atoms with Gasteiger partial charge in [0.1, 0.15) is 0 Å². The van der Waals surface area contributed by atoms with E-state index in [1.165, 1.54) is 11.3 Å². The van der Waals surface area contributed by atoms with Crippen LogP contribution in [0, 0.1) is 6.92 Å². The van der Waals surface area contributed by atoms with Crippen LogP contribution in [0.15, 0.2) is 0 Å². The maximum atomic E-state index is 10.2. The van der Waals surface area contributed by atoms with Crippen molar-refractivity contribution >= 4 is 22.4 Å². The zero-order valence-corrected chi connectivity index (χ0v) is 6.77. The summed E-state index contributed by atoms with van der Waals surface area (Å²) in [6.07, 6.45) is -0.0965. The van der Waals surface area contributed by atoms with Crippen molar-refractivity contribution in [1.29, 1.82) is 0 Å². The number of aliphatic carboxylic acids is 1. The van der Waals surface area contributed by atoms with Crippen LogP contribution in [0.25, 0.3) is 0 Å². The number of anilines is 1. The number of carboxylic acids is 1. The highest BCUT2D eigenvalue weighted by atomic mass is 32.1. The van der Waals surface area contributed by atoms with Crippen molar-refractivity contribution in [2.45, 2.75) is 13.3 Å². The molecule has 1 heterocycles. The van der Waals surface area contributed by atoms with E-state index in [2.05, 4.69) is 4.98 Å². The van der Waals surface area contributed by atoms with Gasteiger partial charge in [-0.3, -0.25) is 0 Å². The number of aromatic nitrogens is 1. The fourth-order valence-electron chi connectivity index (χ4n) is 0.746. The van der Waals surface area contributed by atoms with E-state index in [-0.39, 0.29) is 6.42 Å². The third-order valence-electron chi connectivity index (χ3n) is 1.21. The maximum Gasteiger partial charge on any atom is 0.180 e. The molecule has 0 saturated carbocycles. The summed E-state index contributed by atoms with van der Waals surface area (Å²) in [5, 5.41) is 10.6. The number of nitrogens with two attached hydrogens (primary N) is 1. The molecule has 0 fully saturated rings. The number of hydrogen-bond acceptors (Lipinski definition) is 5. The monoisotopic (exact) mass is 171 g/mol. The van der Waals surface area contributed by atoms with Gasteiger partial charge >= 0.3 is 0 Å². The lowest BCUT2D eigenvalue weighted by Gasteiger charge is -1.97. The van der Waals surface area contributed by atoms with Gasteiger partial charge in [0, 0.05) is 17.3 Å². The van der Waals surface area contributed by atoms with E-state index in [1.807, 2.05) is 0 Å². The Morgan fingerprint density at radius 2 is 2.45 bits per heavy atom. The van der Waals surface area contributed by atoms with Crippen LogP contribution in [0.2, 0.25) is 0 Å². The third kappa shape index (κ3) is 1.91. The molecule has 1 rings (SSSR count). The SMILES string of the molecule is Cc1nc(N)sc1CC(=O)[O-]. The molecular weight excluding hydrogens is 164 g/mol. The average Bonchev–Trinajstić information content (AvgIpc) is 2.09. The average molecular weight is 171 g/mol. The number of carbonyl (C=O) groups excluding carboxylic acids is 1. The van der Waals surface area contributed by atoms with Gasteiger partial charge in [0.25, 0.3) is 0 Å². The molecule has 0 amide bonds. The Bertz CT molecular complexity index is 282. The second-order valence-corrected chi connectivity index (χ2v) is 3.22. The van der Waals surface area contributed by atoms with Gasteiger partial charge in [-0.05, 0) is 6.92 Å². The molecule has 2 N–H and O–H groups in total. The standard InChI is InChI=1S/C6H8N2O2S/c1-3-4(2-5(9)10)11-6(7)8-3/h2H2,1H3,(H2,7,8)(H,9,10)/p-1. The van der Waals surface area contributed by atoms with E-state index in [0.717, 1.165) is 0 Å². The summed E-state index contributed by atoms with van der Waals surface area (Å²) in [4.78, 5) is 14.7. The number of hydrogen-bond donors (Lipinski definition) is 1. The number of thiazole rings is 1. The first kappa shape index (κ1) is 8.00. The summed E-state index contributed by atoms with van der Waals surface area (Å²) >= 11 is 1.19. The molecule has 0 aliphatic carbocycles. The molecule has 0 aromatic carbocycles. The fraction of sp³-hybridized carbons (Fsp3) is 0.333. The van der Waals surface area contributed by atoms with E-state index in [4.69, 9.17) is 5.73 Å². The maximum absolute atomic E-state index is 10.2. The molecule has 5 heteroatoms. The molecule has 0 aliphatic rings. The molecule has 0 unspecified atom stereocenters. The lowest BCUT2D eigenvalue weighted by Crippen LogP contribution is -2.24. The molecule has 11 heavy (non-hydrogen) atoms. The predicted octanol–water partition coefficient (Wildman–Crippen LogP) is -0.674. The number of carboxylic acid groups (broad SMARTS) is 1. The highest BCUT2D eigenvalue weighted by Gasteiger charge is 2.04. The third-order valence-corrected chi connectivity index (χ3v) is 2.20. The minimum absolute atomic E-state index is 0.0965. The van der Waals surface area contributed by atoms with Crippen molar-refractivity contribution < 1.29 is 9.90 Å². The number of nitrogens with zero attached hydrogens (tertiary/aromatic N) is 1. The summed E-state index contributed by atoms with van der Waals surface area (Å²) in [6, 6.07) is 0. The number of aryl methyl sites for hydroxylation is 1. The fourth-order valence-corrected chi connectivity index (χ4v) is 1.56. The molecular formula is C6H7N2O2S-. The number of carbonyl (C=O) groups is 1. The highest BCUT2D eigenvalue weighted by Crippen LogP contribution is 2.19. The molecule has 60 valence electrons. The van der Waals surface area contributed by atoms with Crippen LogP contribution in [-0.2, 0) is 11.2 Å². The Balaban J connectivity index is 2.85. The second kappa shape index (κ2) is 2.87. The summed E-state index contributed by atoms with van der Waals surface area (Å²) in [5.41, 5.74) is 6.03. The van der Waals surface area contributed by atoms with Crippen molar-refractivity contribution in [2.75, 3.05) is 5.73 Å². The zero-order valence-electron chi connectivity index (χ0n) is 5.96. The number of rotatable bonds is 2. The largest absolute Gasteiger partial charge is 0.550 e. The molecule has 0 bridgehead atoms. The molecule has 1 aromatic rings. The Labute approximate surface area is 67.7 Å². The van der Waals surface area contributed by atoms with E-state index in [9.17, 15) is 9.90 Å². The Hall–Kier alpha value is -1.10. The summed E-state index contributed by atoms with van der Waals surface area (Å²) in [7, 11) is 0. The molecule has 4 nitrogen and oxygen atoms in total. The Kier molecular flexibility index (Phi) is 2.09. The molecule has 0 radical (unpaired) electrons. The van der Waals surface area contributed by atoms with Gasteiger partial charge in [-0.1, -0.05) is 0 Å². The van der Waals surface area contributed by atoms with Gasteiger partial charge in [0.2, 0.25) is 0 Å². The van der Waals surface area contributed by atoms with Gasteiger partial charge in [-0.15, -0.1) is 11.3 Å². The van der Waals surface area contributed by atoms with Crippen LogP contribution < -0.4 is 10.8 Å². The molecule has 0 spiro atoms. The normalized spacial score (nSPS) is 9.91. The number of nitrogen functional groups attached to an aromatic ring is 1. The second-order valence-electron chi connectivity index (χ2n) is 2.11. The van der Waals surface area contributed by atoms with E-state index >= 15 is 0 Å². The molecule has 1 aromatic heterocycles. The van der Waals surface area contributed by atoms with Crippen molar-refractivity contribution in [1.82, 2.24) is 4.98 Å². The Morgan fingerprint density at radius 1 is 1.82 bits per heavy atom. The first-order chi connectivity index (χ1) is 5.09. The zero-order chi connectivity index (χ0) is 8.43. The van der Waals surface area contributed by atoms with Crippen molar-refractivity contribution in [3.05, 3.63) is 10.6 Å². The van der Waals surface area contributed by atoms with Gasteiger partial charge in [-0.2, -0.15) is 0 Å². The Morgan fingerprint density at radius 3 is 2.82 bits per heavy atom. The summed E-state index contributed by atoms with van der Waals surface area (Å²) < 4.78 is 0. The van der Waals surface area contributed by atoms with Crippen molar-refractivity contribution in [3.8, 4) is 0 Å². The minimum atomic E-state index is -1.10. The minimum Gasteiger partial charge on any atom is -0.550 e. The first-order valence-corrected chi connectivity index (χ1v) is 3.83. The van der Waals surface area contributed by atoms with E-state index in [1.54, 1.807) is 6.92 Å². The van der Waals surface area contributed by atoms with Crippen LogP contribution in [0.3, 0.4) is 0 Å². The summed E-state index contributed by atoms with van der Waals surface area (Å²) in [5.74, 6) is -1.10. The molecule has 0 aliphatic heterocycles. The van der Waals surface area contributed by atoms with Gasteiger partial charge in [-0.25, -0.2) is 4.98 Å². The quantitative estimate of drug-likeness (QED) is 0.639. The van der Waals surface area contributed by atoms with Gasteiger partial charge in [0.05, 0.1) is 5.69 Å². The van der Waals surface area contributed by atoms with Crippen LogP contribution in [0.5, 0.6) is 0 Å². The van der Waals surface area contributed by atoms with Crippen LogP contribution in [-0.4, -0.2) is 11.0 Å².